The number of nitrogens with zero attached hydrogens (tertiary/aromatic N) is 1. The number of carboxylic acids is 1. The molecule has 1 aliphatic rings. The molecular weight excluding hydrogens is 546 g/mol. The van der Waals surface area contributed by atoms with E-state index in [4.69, 9.17) is 9.47 Å². The number of aliphatic carboxylic acids is 1. The van der Waals surface area contributed by atoms with E-state index in [1.807, 2.05) is 25.3 Å². The molecule has 4 N–H and O–H groups in total. The van der Waals surface area contributed by atoms with E-state index in [-0.39, 0.29) is 24.3 Å². The average Bonchev–Trinajstić information content (AvgIpc) is 3.51. The number of amides is 1. The molecule has 5 rings (SSSR count). The first-order valence-corrected chi connectivity index (χ1v) is 14.7. The predicted molar refractivity (Wildman–Crippen MR) is 165 cm³/mol. The lowest BCUT2D eigenvalue weighted by atomic mass is 9.91. The lowest BCUT2D eigenvalue weighted by molar-refractivity contribution is -0.139. The highest BCUT2D eigenvalue weighted by atomic mass is 16.5. The Morgan fingerprint density at radius 1 is 1.12 bits per heavy atom. The van der Waals surface area contributed by atoms with Gasteiger partial charge in [-0.05, 0) is 79.8 Å². The molecular formula is C34H39N3O6. The number of aromatic hydroxyl groups is 1. The number of piperidine rings is 1. The maximum atomic E-state index is 13.1. The van der Waals surface area contributed by atoms with Gasteiger partial charge in [-0.25, -0.2) is 4.79 Å². The van der Waals surface area contributed by atoms with Crippen LogP contribution in [0.4, 0.5) is 0 Å². The number of aryl methyl sites for hydroxylation is 1. The molecule has 3 aromatic carbocycles. The minimum Gasteiger partial charge on any atom is -0.508 e. The van der Waals surface area contributed by atoms with Crippen LogP contribution in [-0.2, 0) is 22.5 Å². The third kappa shape index (κ3) is 6.84. The number of benzene rings is 3. The molecule has 9 nitrogen and oxygen atoms in total. The highest BCUT2D eigenvalue weighted by Crippen LogP contribution is 2.38. The Balaban J connectivity index is 1.36. The average molecular weight is 586 g/mol. The molecule has 1 aromatic heterocycles. The van der Waals surface area contributed by atoms with Gasteiger partial charge in [0.25, 0.3) is 5.91 Å². The van der Waals surface area contributed by atoms with Gasteiger partial charge in [0.2, 0.25) is 0 Å². The third-order valence-corrected chi connectivity index (χ3v) is 8.30. The number of aromatic nitrogens is 1. The number of carboxylic acid groups (broad SMARTS) is 1. The van der Waals surface area contributed by atoms with Gasteiger partial charge in [-0.1, -0.05) is 24.3 Å². The fourth-order valence-electron chi connectivity index (χ4n) is 6.05. The number of carbonyl (C=O) groups excluding carboxylic acids is 1. The summed E-state index contributed by atoms with van der Waals surface area (Å²) in [6.07, 6.45) is 3.94. The van der Waals surface area contributed by atoms with E-state index in [1.54, 1.807) is 31.4 Å². The number of ether oxygens (including phenoxy) is 2. The van der Waals surface area contributed by atoms with Gasteiger partial charge in [-0.3, -0.25) is 9.69 Å². The Morgan fingerprint density at radius 2 is 1.86 bits per heavy atom. The van der Waals surface area contributed by atoms with Crippen LogP contribution in [0.5, 0.6) is 11.5 Å². The van der Waals surface area contributed by atoms with Crippen LogP contribution in [0.3, 0.4) is 0 Å². The van der Waals surface area contributed by atoms with Crippen LogP contribution in [0.1, 0.15) is 58.4 Å². The van der Waals surface area contributed by atoms with Crippen molar-refractivity contribution in [2.75, 3.05) is 20.3 Å². The number of H-pyrrole nitrogens is 1. The molecule has 0 bridgehead atoms. The predicted octanol–water partition coefficient (Wildman–Crippen LogP) is 5.36. The van der Waals surface area contributed by atoms with E-state index in [0.29, 0.717) is 24.3 Å². The molecule has 0 spiro atoms. The standard InChI is InChI=1S/C34H39N3O6/c1-4-43-26-14-16-37(20-28-27-13-15-35-32(27)21(2)17-31(28)42-3)30(19-26)23-7-9-24(10-8-23)33(39)36-29(34(40)41)18-22-5-11-25(38)12-6-22/h5-13,15,17,26,29-30,35,38H,4,14,16,18-20H2,1-3H3,(H,36,39)(H,40,41)/t26-,29-,30-/m0/s1. The van der Waals surface area contributed by atoms with Crippen molar-refractivity contribution in [2.45, 2.75) is 57.8 Å². The van der Waals surface area contributed by atoms with Crippen molar-refractivity contribution in [3.8, 4) is 11.5 Å². The minimum absolute atomic E-state index is 0.0590. The van der Waals surface area contributed by atoms with Crippen molar-refractivity contribution in [1.29, 1.82) is 0 Å². The number of aromatic amines is 1. The number of phenols is 1. The number of nitrogens with one attached hydrogen (secondary N) is 2. The van der Waals surface area contributed by atoms with E-state index in [0.717, 1.165) is 52.7 Å². The van der Waals surface area contributed by atoms with Gasteiger partial charge in [0.05, 0.1) is 13.2 Å². The van der Waals surface area contributed by atoms with Gasteiger partial charge in [0.15, 0.2) is 0 Å². The van der Waals surface area contributed by atoms with Crippen molar-refractivity contribution in [1.82, 2.24) is 15.2 Å². The summed E-state index contributed by atoms with van der Waals surface area (Å²) < 4.78 is 11.9. The second-order valence-corrected chi connectivity index (χ2v) is 11.1. The highest BCUT2D eigenvalue weighted by Gasteiger charge is 2.31. The van der Waals surface area contributed by atoms with Crippen LogP contribution in [0.25, 0.3) is 10.9 Å². The molecule has 3 atom stereocenters. The summed E-state index contributed by atoms with van der Waals surface area (Å²) in [5, 5.41) is 23.0. The van der Waals surface area contributed by atoms with Gasteiger partial charge < -0.3 is 30.0 Å². The zero-order valence-corrected chi connectivity index (χ0v) is 24.8. The number of hydrogen-bond donors (Lipinski definition) is 4. The first-order chi connectivity index (χ1) is 20.8. The van der Waals surface area contributed by atoms with Gasteiger partial charge in [-0.15, -0.1) is 0 Å². The molecule has 1 amide bonds. The first-order valence-electron chi connectivity index (χ1n) is 14.7. The van der Waals surface area contributed by atoms with Gasteiger partial charge in [0.1, 0.15) is 17.5 Å². The number of hydrogen-bond acceptors (Lipinski definition) is 6. The Labute approximate surface area is 251 Å². The lowest BCUT2D eigenvalue weighted by Gasteiger charge is -2.40. The van der Waals surface area contributed by atoms with E-state index >= 15 is 0 Å². The van der Waals surface area contributed by atoms with Crippen LogP contribution in [-0.4, -0.2) is 64.4 Å². The molecule has 9 heteroatoms. The summed E-state index contributed by atoms with van der Waals surface area (Å²) in [6.45, 7) is 6.28. The summed E-state index contributed by atoms with van der Waals surface area (Å²) in [5.74, 6) is -0.618. The van der Waals surface area contributed by atoms with Gasteiger partial charge >= 0.3 is 5.97 Å². The smallest absolute Gasteiger partial charge is 0.326 e. The second-order valence-electron chi connectivity index (χ2n) is 11.1. The Kier molecular flexibility index (Phi) is 9.33. The number of fused-ring (bicyclic) bond motifs is 1. The summed E-state index contributed by atoms with van der Waals surface area (Å²) in [6, 6.07) is 16.8. The molecule has 0 radical (unpaired) electrons. The topological polar surface area (TPSA) is 124 Å². The maximum absolute atomic E-state index is 13.1. The molecule has 4 aromatic rings. The van der Waals surface area contributed by atoms with Crippen LogP contribution in [0.2, 0.25) is 0 Å². The molecule has 2 heterocycles. The molecule has 1 aliphatic heterocycles. The summed E-state index contributed by atoms with van der Waals surface area (Å²) in [7, 11) is 1.71. The number of phenolic OH excluding ortho intramolecular Hbond substituents is 1. The number of carbonyl (C=O) groups is 2. The highest BCUT2D eigenvalue weighted by molar-refractivity contribution is 5.96. The first kappa shape index (κ1) is 30.1. The summed E-state index contributed by atoms with van der Waals surface area (Å²) in [4.78, 5) is 30.8. The molecule has 0 unspecified atom stereocenters. The van der Waals surface area contributed by atoms with E-state index in [2.05, 4.69) is 34.3 Å². The Morgan fingerprint density at radius 3 is 2.53 bits per heavy atom. The SMILES string of the molecule is CCO[C@H]1CCN(Cc2c(OC)cc(C)c3[nH]ccc23)[C@H](c2ccc(C(=O)N[C@@H](Cc3ccc(O)cc3)C(=O)O)cc2)C1. The molecule has 43 heavy (non-hydrogen) atoms. The Hall–Kier alpha value is -4.34. The maximum Gasteiger partial charge on any atom is 0.326 e. The molecule has 0 aliphatic carbocycles. The largest absolute Gasteiger partial charge is 0.508 e. The summed E-state index contributed by atoms with van der Waals surface area (Å²) >= 11 is 0. The van der Waals surface area contributed by atoms with E-state index in [9.17, 15) is 19.8 Å². The number of likely N-dealkylation sites (tertiary alicyclic amines) is 1. The van der Waals surface area contributed by atoms with Crippen LogP contribution < -0.4 is 10.1 Å². The van der Waals surface area contributed by atoms with Gasteiger partial charge in [0, 0.05) is 60.4 Å². The van der Waals surface area contributed by atoms with Crippen LogP contribution in [0.15, 0.2) is 66.9 Å². The van der Waals surface area contributed by atoms with E-state index < -0.39 is 17.9 Å². The normalized spacial score (nSPS) is 17.9. The molecule has 1 fully saturated rings. The monoisotopic (exact) mass is 585 g/mol. The van der Waals surface area contributed by atoms with Crippen molar-refractivity contribution in [2.24, 2.45) is 0 Å². The lowest BCUT2D eigenvalue weighted by Crippen LogP contribution is -2.42. The summed E-state index contributed by atoms with van der Waals surface area (Å²) in [5.41, 5.74) is 5.53. The zero-order valence-electron chi connectivity index (χ0n) is 24.8. The fourth-order valence-corrected chi connectivity index (χ4v) is 6.05. The molecule has 1 saturated heterocycles. The third-order valence-electron chi connectivity index (χ3n) is 8.30. The van der Waals surface area contributed by atoms with Crippen molar-refractivity contribution >= 4 is 22.8 Å². The number of methoxy groups -OCH3 is 1. The Bertz CT molecular complexity index is 1560. The van der Waals surface area contributed by atoms with Crippen molar-refractivity contribution < 1.29 is 29.3 Å². The van der Waals surface area contributed by atoms with Crippen molar-refractivity contribution in [3.05, 3.63) is 94.7 Å². The van der Waals surface area contributed by atoms with Crippen LogP contribution >= 0.6 is 0 Å². The van der Waals surface area contributed by atoms with Crippen molar-refractivity contribution in [3.63, 3.8) is 0 Å². The second kappa shape index (κ2) is 13.3. The minimum atomic E-state index is -1.12. The van der Waals surface area contributed by atoms with Gasteiger partial charge in [-0.2, -0.15) is 0 Å². The molecule has 0 saturated carbocycles. The fraction of sp³-hybridized carbons (Fsp3) is 0.353. The van der Waals surface area contributed by atoms with Crippen LogP contribution in [0, 0.1) is 6.92 Å². The quantitative estimate of drug-likeness (QED) is 0.187. The number of rotatable bonds is 11. The zero-order chi connectivity index (χ0) is 30.5. The molecule has 226 valence electrons. The van der Waals surface area contributed by atoms with E-state index in [1.165, 1.54) is 12.1 Å².